The molecule has 0 radical (unpaired) electrons. The summed E-state index contributed by atoms with van der Waals surface area (Å²) >= 11 is 0. The first-order chi connectivity index (χ1) is 10.1. The predicted molar refractivity (Wildman–Crippen MR) is 83.9 cm³/mol. The standard InChI is InChI=1S/C16H26FN3O/c1-3-5-6-12(4-2)10-19-11-13-7-8-14(17)9-15(13)16(18)20-21/h7-9,12,19,21H,3-6,10-11H2,1-2H3,(H2,18,20). The van der Waals surface area contributed by atoms with Crippen molar-refractivity contribution < 1.29 is 9.60 Å². The summed E-state index contributed by atoms with van der Waals surface area (Å²) in [6, 6.07) is 4.35. The SMILES string of the molecule is CCCCC(CC)CNCc1ccc(F)cc1/C(N)=N/O. The average molecular weight is 295 g/mol. The predicted octanol–water partition coefficient (Wildman–Crippen LogP) is 3.23. The van der Waals surface area contributed by atoms with Crippen molar-refractivity contribution in [2.75, 3.05) is 6.54 Å². The lowest BCUT2D eigenvalue weighted by Crippen LogP contribution is -2.24. The molecular formula is C16H26FN3O. The lowest BCUT2D eigenvalue weighted by Gasteiger charge is -2.16. The summed E-state index contributed by atoms with van der Waals surface area (Å²) < 4.78 is 13.3. The number of benzene rings is 1. The highest BCUT2D eigenvalue weighted by Gasteiger charge is 2.10. The van der Waals surface area contributed by atoms with Crippen LogP contribution >= 0.6 is 0 Å². The van der Waals surface area contributed by atoms with Gasteiger partial charge in [-0.15, -0.1) is 0 Å². The Morgan fingerprint density at radius 2 is 2.19 bits per heavy atom. The van der Waals surface area contributed by atoms with Crippen LogP contribution in [0.4, 0.5) is 4.39 Å². The van der Waals surface area contributed by atoms with Crippen molar-refractivity contribution in [3.05, 3.63) is 35.1 Å². The van der Waals surface area contributed by atoms with Gasteiger partial charge in [-0.25, -0.2) is 4.39 Å². The molecule has 4 N–H and O–H groups in total. The molecule has 0 saturated heterocycles. The lowest BCUT2D eigenvalue weighted by molar-refractivity contribution is 0.318. The van der Waals surface area contributed by atoms with Gasteiger partial charge in [0, 0.05) is 12.1 Å². The van der Waals surface area contributed by atoms with E-state index in [1.807, 2.05) is 0 Å². The number of hydrogen-bond donors (Lipinski definition) is 3. The topological polar surface area (TPSA) is 70.6 Å². The molecule has 0 saturated carbocycles. The average Bonchev–Trinajstić information content (AvgIpc) is 2.51. The Labute approximate surface area is 126 Å². The third-order valence-electron chi connectivity index (χ3n) is 3.75. The van der Waals surface area contributed by atoms with Gasteiger partial charge in [0.15, 0.2) is 5.84 Å². The zero-order valence-corrected chi connectivity index (χ0v) is 12.9. The van der Waals surface area contributed by atoms with Crippen LogP contribution < -0.4 is 11.1 Å². The molecule has 4 nitrogen and oxygen atoms in total. The van der Waals surface area contributed by atoms with Crippen molar-refractivity contribution >= 4 is 5.84 Å². The molecule has 0 aliphatic carbocycles. The molecule has 0 heterocycles. The Balaban J connectivity index is 2.62. The third kappa shape index (κ3) is 5.71. The van der Waals surface area contributed by atoms with E-state index in [1.165, 1.54) is 31.4 Å². The second-order valence-corrected chi connectivity index (χ2v) is 5.33. The van der Waals surface area contributed by atoms with Gasteiger partial charge in [0.25, 0.3) is 0 Å². The van der Waals surface area contributed by atoms with Crippen LogP contribution in [0, 0.1) is 11.7 Å². The Kier molecular flexibility index (Phi) is 7.75. The third-order valence-corrected chi connectivity index (χ3v) is 3.75. The smallest absolute Gasteiger partial charge is 0.170 e. The van der Waals surface area contributed by atoms with E-state index in [0.29, 0.717) is 18.0 Å². The molecule has 1 rings (SSSR count). The molecule has 118 valence electrons. The minimum atomic E-state index is -0.394. The van der Waals surface area contributed by atoms with Gasteiger partial charge in [-0.2, -0.15) is 0 Å². The zero-order valence-electron chi connectivity index (χ0n) is 12.9. The van der Waals surface area contributed by atoms with Crippen molar-refractivity contribution in [1.29, 1.82) is 0 Å². The van der Waals surface area contributed by atoms with Gasteiger partial charge in [0.1, 0.15) is 5.82 Å². The molecule has 5 heteroatoms. The Morgan fingerprint density at radius 1 is 1.43 bits per heavy atom. The Hall–Kier alpha value is -1.62. The number of oxime groups is 1. The monoisotopic (exact) mass is 295 g/mol. The number of nitrogens with two attached hydrogens (primary N) is 1. The van der Waals surface area contributed by atoms with Crippen molar-refractivity contribution in [3.8, 4) is 0 Å². The number of halogens is 1. The highest BCUT2D eigenvalue weighted by Crippen LogP contribution is 2.14. The number of unbranched alkanes of at least 4 members (excludes halogenated alkanes) is 1. The molecule has 1 aromatic rings. The minimum Gasteiger partial charge on any atom is -0.409 e. The largest absolute Gasteiger partial charge is 0.409 e. The molecule has 1 aromatic carbocycles. The molecule has 1 atom stereocenters. The summed E-state index contributed by atoms with van der Waals surface area (Å²) in [5.41, 5.74) is 6.86. The first-order valence-electron chi connectivity index (χ1n) is 7.59. The number of hydrogen-bond acceptors (Lipinski definition) is 3. The number of nitrogens with zero attached hydrogens (tertiary/aromatic N) is 1. The molecule has 0 bridgehead atoms. The van der Waals surface area contributed by atoms with Gasteiger partial charge in [-0.3, -0.25) is 0 Å². The number of rotatable bonds is 9. The molecule has 0 amide bonds. The maximum atomic E-state index is 13.3. The van der Waals surface area contributed by atoms with Crippen molar-refractivity contribution in [2.45, 2.75) is 46.1 Å². The van der Waals surface area contributed by atoms with Crippen LogP contribution in [-0.4, -0.2) is 17.6 Å². The molecule has 1 unspecified atom stereocenters. The first-order valence-corrected chi connectivity index (χ1v) is 7.59. The second kappa shape index (κ2) is 9.34. The van der Waals surface area contributed by atoms with E-state index in [0.717, 1.165) is 18.5 Å². The maximum Gasteiger partial charge on any atom is 0.170 e. The minimum absolute atomic E-state index is 0.0654. The van der Waals surface area contributed by atoms with E-state index in [1.54, 1.807) is 6.07 Å². The fourth-order valence-corrected chi connectivity index (χ4v) is 2.35. The summed E-state index contributed by atoms with van der Waals surface area (Å²) in [6.07, 6.45) is 4.81. The molecule has 0 fully saturated rings. The van der Waals surface area contributed by atoms with Crippen LogP contribution in [0.1, 0.15) is 50.7 Å². The van der Waals surface area contributed by atoms with Crippen LogP contribution in [-0.2, 0) is 6.54 Å². The zero-order chi connectivity index (χ0) is 15.7. The highest BCUT2D eigenvalue weighted by atomic mass is 19.1. The van der Waals surface area contributed by atoms with Gasteiger partial charge in [-0.1, -0.05) is 44.3 Å². The van der Waals surface area contributed by atoms with E-state index in [4.69, 9.17) is 10.9 Å². The van der Waals surface area contributed by atoms with Gasteiger partial charge in [0.05, 0.1) is 0 Å². The summed E-state index contributed by atoms with van der Waals surface area (Å²) in [6.45, 7) is 5.89. The summed E-state index contributed by atoms with van der Waals surface area (Å²) in [7, 11) is 0. The fraction of sp³-hybridized carbons (Fsp3) is 0.562. The second-order valence-electron chi connectivity index (χ2n) is 5.33. The van der Waals surface area contributed by atoms with Crippen LogP contribution in [0.2, 0.25) is 0 Å². The molecule has 21 heavy (non-hydrogen) atoms. The Morgan fingerprint density at radius 3 is 2.81 bits per heavy atom. The molecular weight excluding hydrogens is 269 g/mol. The number of amidine groups is 1. The summed E-state index contributed by atoms with van der Waals surface area (Å²) in [5, 5.41) is 15.1. The van der Waals surface area contributed by atoms with Gasteiger partial charge in [0.2, 0.25) is 0 Å². The maximum absolute atomic E-state index is 13.3. The Bertz CT molecular complexity index is 463. The molecule has 0 aliphatic rings. The molecule has 0 aromatic heterocycles. The summed E-state index contributed by atoms with van der Waals surface area (Å²) in [5.74, 6) is 0.191. The van der Waals surface area contributed by atoms with E-state index >= 15 is 0 Å². The number of nitrogens with one attached hydrogen (secondary N) is 1. The van der Waals surface area contributed by atoms with Crippen molar-refractivity contribution in [3.63, 3.8) is 0 Å². The van der Waals surface area contributed by atoms with Crippen LogP contribution in [0.15, 0.2) is 23.4 Å². The fourth-order valence-electron chi connectivity index (χ4n) is 2.35. The normalized spacial score (nSPS) is 13.4. The lowest BCUT2D eigenvalue weighted by atomic mass is 9.99. The molecule has 0 aliphatic heterocycles. The summed E-state index contributed by atoms with van der Waals surface area (Å²) in [4.78, 5) is 0. The van der Waals surface area contributed by atoms with E-state index < -0.39 is 5.82 Å². The van der Waals surface area contributed by atoms with E-state index in [2.05, 4.69) is 24.3 Å². The van der Waals surface area contributed by atoms with Gasteiger partial charge in [-0.05, 0) is 36.6 Å². The highest BCUT2D eigenvalue weighted by molar-refractivity contribution is 5.98. The van der Waals surface area contributed by atoms with Crippen LogP contribution in [0.3, 0.4) is 0 Å². The van der Waals surface area contributed by atoms with Crippen LogP contribution in [0.5, 0.6) is 0 Å². The molecule has 0 spiro atoms. The van der Waals surface area contributed by atoms with E-state index in [9.17, 15) is 4.39 Å². The quantitative estimate of drug-likeness (QED) is 0.283. The van der Waals surface area contributed by atoms with Crippen molar-refractivity contribution in [2.24, 2.45) is 16.8 Å². The van der Waals surface area contributed by atoms with Crippen LogP contribution in [0.25, 0.3) is 0 Å². The van der Waals surface area contributed by atoms with Gasteiger partial charge >= 0.3 is 0 Å². The van der Waals surface area contributed by atoms with Crippen molar-refractivity contribution in [1.82, 2.24) is 5.32 Å². The first kappa shape index (κ1) is 17.4. The van der Waals surface area contributed by atoms with E-state index in [-0.39, 0.29) is 5.84 Å². The van der Waals surface area contributed by atoms with Gasteiger partial charge < -0.3 is 16.3 Å².